The summed E-state index contributed by atoms with van der Waals surface area (Å²) in [7, 11) is 0. The van der Waals surface area contributed by atoms with Crippen LogP contribution >= 0.6 is 12.4 Å². The van der Waals surface area contributed by atoms with Crippen molar-refractivity contribution in [2.45, 2.75) is 20.0 Å². The average molecular weight is 259 g/mol. The summed E-state index contributed by atoms with van der Waals surface area (Å²) in [4.78, 5) is 11.7. The van der Waals surface area contributed by atoms with Crippen molar-refractivity contribution in [1.29, 1.82) is 0 Å². The van der Waals surface area contributed by atoms with Crippen molar-refractivity contribution < 1.29 is 9.53 Å². The van der Waals surface area contributed by atoms with Gasteiger partial charge in [-0.1, -0.05) is 12.1 Å². The smallest absolute Gasteiger partial charge is 0.253 e. The molecule has 0 bridgehead atoms. The van der Waals surface area contributed by atoms with Gasteiger partial charge in [-0.15, -0.1) is 12.4 Å². The molecule has 0 aromatic heterocycles. The summed E-state index contributed by atoms with van der Waals surface area (Å²) in [6.07, 6.45) is 0.179. The van der Waals surface area contributed by atoms with E-state index in [1.165, 1.54) is 0 Å². The fourth-order valence-electron chi connectivity index (χ4n) is 1.26. The largest absolute Gasteiger partial charge is 0.398 e. The highest BCUT2D eigenvalue weighted by Crippen LogP contribution is 2.09. The highest BCUT2D eigenvalue weighted by Gasteiger charge is 2.07. The van der Waals surface area contributed by atoms with E-state index in [1.807, 2.05) is 13.8 Å². The van der Waals surface area contributed by atoms with Gasteiger partial charge in [0.15, 0.2) is 0 Å². The van der Waals surface area contributed by atoms with E-state index in [2.05, 4.69) is 5.32 Å². The van der Waals surface area contributed by atoms with Crippen molar-refractivity contribution in [2.24, 2.45) is 0 Å². The lowest BCUT2D eigenvalue weighted by atomic mass is 10.2. The van der Waals surface area contributed by atoms with E-state index in [0.717, 1.165) is 0 Å². The number of hydrogen-bond donors (Lipinski definition) is 2. The van der Waals surface area contributed by atoms with Crippen molar-refractivity contribution in [3.8, 4) is 0 Å². The van der Waals surface area contributed by atoms with Crippen LogP contribution in [-0.4, -0.2) is 25.2 Å². The van der Waals surface area contributed by atoms with Crippen LogP contribution in [0.4, 0.5) is 5.69 Å². The fraction of sp³-hybridized carbons (Fsp3) is 0.417. The van der Waals surface area contributed by atoms with Crippen molar-refractivity contribution in [3.05, 3.63) is 29.8 Å². The minimum absolute atomic E-state index is 0. The van der Waals surface area contributed by atoms with Crippen LogP contribution in [0.5, 0.6) is 0 Å². The molecule has 0 saturated heterocycles. The Balaban J connectivity index is 0.00000256. The van der Waals surface area contributed by atoms with Gasteiger partial charge in [0.2, 0.25) is 0 Å². The molecule has 1 aromatic carbocycles. The lowest BCUT2D eigenvalue weighted by Crippen LogP contribution is -2.28. The number of benzene rings is 1. The Kier molecular flexibility index (Phi) is 7.34. The lowest BCUT2D eigenvalue weighted by molar-refractivity contribution is 0.0747. The monoisotopic (exact) mass is 258 g/mol. The number of hydrogen-bond acceptors (Lipinski definition) is 3. The Labute approximate surface area is 108 Å². The number of ether oxygens (including phenoxy) is 1. The number of para-hydroxylation sites is 1. The molecule has 1 amide bonds. The van der Waals surface area contributed by atoms with E-state index in [4.69, 9.17) is 10.5 Å². The van der Waals surface area contributed by atoms with Crippen LogP contribution in [0.25, 0.3) is 0 Å². The van der Waals surface area contributed by atoms with E-state index in [-0.39, 0.29) is 24.4 Å². The van der Waals surface area contributed by atoms with E-state index in [9.17, 15) is 4.79 Å². The topological polar surface area (TPSA) is 64.3 Å². The summed E-state index contributed by atoms with van der Waals surface area (Å²) >= 11 is 0. The SMILES string of the molecule is CC(C)OCCNC(=O)c1ccccc1N.Cl. The Morgan fingerprint density at radius 1 is 1.41 bits per heavy atom. The molecule has 0 spiro atoms. The second-order valence-corrected chi connectivity index (χ2v) is 3.76. The Morgan fingerprint density at radius 2 is 2.06 bits per heavy atom. The third kappa shape index (κ3) is 5.56. The van der Waals surface area contributed by atoms with Gasteiger partial charge in [0.05, 0.1) is 18.3 Å². The molecule has 0 atom stereocenters. The van der Waals surface area contributed by atoms with Crippen molar-refractivity contribution in [3.63, 3.8) is 0 Å². The van der Waals surface area contributed by atoms with Crippen LogP contribution in [0.2, 0.25) is 0 Å². The first-order valence-electron chi connectivity index (χ1n) is 5.35. The summed E-state index contributed by atoms with van der Waals surface area (Å²) in [5.41, 5.74) is 6.68. The fourth-order valence-corrected chi connectivity index (χ4v) is 1.26. The molecular formula is C12H19ClN2O2. The maximum atomic E-state index is 11.7. The number of nitrogens with two attached hydrogens (primary N) is 1. The molecule has 0 aliphatic heterocycles. The van der Waals surface area contributed by atoms with Crippen molar-refractivity contribution in [2.75, 3.05) is 18.9 Å². The van der Waals surface area contributed by atoms with Gasteiger partial charge in [0.1, 0.15) is 0 Å². The molecule has 0 saturated carbocycles. The number of anilines is 1. The van der Waals surface area contributed by atoms with Crippen LogP contribution in [0, 0.1) is 0 Å². The van der Waals surface area contributed by atoms with Crippen LogP contribution in [0.15, 0.2) is 24.3 Å². The first-order chi connectivity index (χ1) is 7.61. The lowest BCUT2D eigenvalue weighted by Gasteiger charge is -2.09. The zero-order valence-electron chi connectivity index (χ0n) is 10.1. The third-order valence-electron chi connectivity index (χ3n) is 2.04. The molecule has 0 fully saturated rings. The van der Waals surface area contributed by atoms with Gasteiger partial charge >= 0.3 is 0 Å². The molecule has 1 aromatic rings. The number of halogens is 1. The van der Waals surface area contributed by atoms with Gasteiger partial charge in [-0.3, -0.25) is 4.79 Å². The van der Waals surface area contributed by atoms with Gasteiger partial charge in [0, 0.05) is 12.2 Å². The summed E-state index contributed by atoms with van der Waals surface area (Å²) in [5.74, 6) is -0.162. The predicted molar refractivity (Wildman–Crippen MR) is 71.5 cm³/mol. The van der Waals surface area contributed by atoms with E-state index in [1.54, 1.807) is 24.3 Å². The van der Waals surface area contributed by atoms with E-state index in [0.29, 0.717) is 24.4 Å². The highest BCUT2D eigenvalue weighted by molar-refractivity contribution is 5.99. The minimum Gasteiger partial charge on any atom is -0.398 e. The van der Waals surface area contributed by atoms with E-state index >= 15 is 0 Å². The minimum atomic E-state index is -0.162. The van der Waals surface area contributed by atoms with Crippen LogP contribution in [-0.2, 0) is 4.74 Å². The first-order valence-corrected chi connectivity index (χ1v) is 5.35. The number of nitrogen functional groups attached to an aromatic ring is 1. The number of nitrogens with one attached hydrogen (secondary N) is 1. The average Bonchev–Trinajstić information content (AvgIpc) is 2.24. The molecule has 0 aliphatic rings. The molecule has 0 aliphatic carbocycles. The van der Waals surface area contributed by atoms with Crippen molar-refractivity contribution >= 4 is 24.0 Å². The molecule has 96 valence electrons. The summed E-state index contributed by atoms with van der Waals surface area (Å²) < 4.78 is 5.31. The van der Waals surface area contributed by atoms with Gasteiger partial charge in [-0.25, -0.2) is 0 Å². The number of carbonyl (C=O) groups excluding carboxylic acids is 1. The Hall–Kier alpha value is -1.26. The zero-order valence-corrected chi connectivity index (χ0v) is 10.9. The molecule has 0 heterocycles. The molecule has 4 nitrogen and oxygen atoms in total. The quantitative estimate of drug-likeness (QED) is 0.626. The standard InChI is InChI=1S/C12H18N2O2.ClH/c1-9(2)16-8-7-14-12(15)10-5-3-4-6-11(10)13;/h3-6,9H,7-8,13H2,1-2H3,(H,14,15);1H. The second-order valence-electron chi connectivity index (χ2n) is 3.76. The zero-order chi connectivity index (χ0) is 12.0. The number of carbonyl (C=O) groups is 1. The van der Waals surface area contributed by atoms with Crippen LogP contribution in [0.1, 0.15) is 24.2 Å². The van der Waals surface area contributed by atoms with Gasteiger partial charge < -0.3 is 15.8 Å². The third-order valence-corrected chi connectivity index (χ3v) is 2.04. The maximum Gasteiger partial charge on any atom is 0.253 e. The number of amides is 1. The molecule has 0 unspecified atom stereocenters. The maximum absolute atomic E-state index is 11.7. The summed E-state index contributed by atoms with van der Waals surface area (Å²) in [6.45, 7) is 4.91. The highest BCUT2D eigenvalue weighted by atomic mass is 35.5. The van der Waals surface area contributed by atoms with E-state index < -0.39 is 0 Å². The molecule has 17 heavy (non-hydrogen) atoms. The molecule has 3 N–H and O–H groups in total. The normalized spacial score (nSPS) is 9.82. The Morgan fingerprint density at radius 3 is 2.65 bits per heavy atom. The van der Waals surface area contributed by atoms with Crippen molar-refractivity contribution in [1.82, 2.24) is 5.32 Å². The number of rotatable bonds is 5. The predicted octanol–water partition coefficient (Wildman–Crippen LogP) is 1.85. The van der Waals surface area contributed by atoms with Crippen LogP contribution < -0.4 is 11.1 Å². The Bertz CT molecular complexity index is 356. The summed E-state index contributed by atoms with van der Waals surface area (Å²) in [5, 5.41) is 2.75. The summed E-state index contributed by atoms with van der Waals surface area (Å²) in [6, 6.07) is 7.00. The molecule has 0 radical (unpaired) electrons. The van der Waals surface area contributed by atoms with Gasteiger partial charge in [-0.05, 0) is 26.0 Å². The molecular weight excluding hydrogens is 240 g/mol. The van der Waals surface area contributed by atoms with Gasteiger partial charge in [0.25, 0.3) is 5.91 Å². The molecule has 1 rings (SSSR count). The second kappa shape index (κ2) is 7.92. The first kappa shape index (κ1) is 15.7. The van der Waals surface area contributed by atoms with Crippen LogP contribution in [0.3, 0.4) is 0 Å². The van der Waals surface area contributed by atoms with Gasteiger partial charge in [-0.2, -0.15) is 0 Å². The molecule has 5 heteroatoms.